The predicted molar refractivity (Wildman–Crippen MR) is 137 cm³/mol. The molecular formula is C28H26N4O4. The molecule has 1 aromatic heterocycles. The van der Waals surface area contributed by atoms with Crippen molar-refractivity contribution in [3.63, 3.8) is 0 Å². The first-order valence-corrected chi connectivity index (χ1v) is 11.7. The molecule has 2 amide bonds. The number of carbonyl (C=O) groups excluding carboxylic acids is 3. The van der Waals surface area contributed by atoms with E-state index in [1.807, 2.05) is 49.4 Å². The molecular weight excluding hydrogens is 456 g/mol. The van der Waals surface area contributed by atoms with Crippen LogP contribution < -0.4 is 16.4 Å². The van der Waals surface area contributed by atoms with Gasteiger partial charge in [-0.25, -0.2) is 4.68 Å². The van der Waals surface area contributed by atoms with Crippen LogP contribution in [0.15, 0.2) is 83.7 Å². The van der Waals surface area contributed by atoms with Gasteiger partial charge in [0, 0.05) is 23.8 Å². The number of ketones is 1. The third kappa shape index (κ3) is 5.72. The number of aromatic nitrogens is 2. The molecule has 0 aliphatic rings. The van der Waals surface area contributed by atoms with E-state index in [9.17, 15) is 19.2 Å². The number of hydrogen-bond donors (Lipinski definition) is 2. The molecule has 0 atom stereocenters. The lowest BCUT2D eigenvalue weighted by atomic mass is 10.0. The van der Waals surface area contributed by atoms with Crippen LogP contribution in [-0.4, -0.2) is 27.4 Å². The van der Waals surface area contributed by atoms with E-state index in [2.05, 4.69) is 16.0 Å². The molecule has 0 aliphatic heterocycles. The van der Waals surface area contributed by atoms with Gasteiger partial charge in [-0.05, 0) is 23.6 Å². The van der Waals surface area contributed by atoms with E-state index >= 15 is 0 Å². The van der Waals surface area contributed by atoms with E-state index in [0.717, 1.165) is 17.5 Å². The van der Waals surface area contributed by atoms with Crippen LogP contribution in [-0.2, 0) is 17.8 Å². The summed E-state index contributed by atoms with van der Waals surface area (Å²) in [6.07, 6.45) is 0.803. The number of nitrogens with zero attached hydrogens (tertiary/aromatic N) is 2. The van der Waals surface area contributed by atoms with Crippen molar-refractivity contribution in [2.75, 3.05) is 0 Å². The molecule has 8 heteroatoms. The van der Waals surface area contributed by atoms with Crippen LogP contribution in [0.3, 0.4) is 0 Å². The second-order valence-corrected chi connectivity index (χ2v) is 8.32. The predicted octanol–water partition coefficient (Wildman–Crippen LogP) is 3.43. The van der Waals surface area contributed by atoms with E-state index in [-0.39, 0.29) is 36.4 Å². The maximum Gasteiger partial charge on any atom is 0.290 e. The molecule has 3 aromatic carbocycles. The van der Waals surface area contributed by atoms with Gasteiger partial charge in [-0.15, -0.1) is 0 Å². The third-order valence-electron chi connectivity index (χ3n) is 5.84. The van der Waals surface area contributed by atoms with Crippen LogP contribution in [0.2, 0.25) is 0 Å². The lowest BCUT2D eigenvalue weighted by molar-refractivity contribution is -0.121. The van der Waals surface area contributed by atoms with Gasteiger partial charge >= 0.3 is 0 Å². The lowest BCUT2D eigenvalue weighted by Gasteiger charge is -2.12. The van der Waals surface area contributed by atoms with Crippen LogP contribution in [0.1, 0.15) is 51.7 Å². The third-order valence-corrected chi connectivity index (χ3v) is 5.84. The molecule has 4 aromatic rings. The Labute approximate surface area is 207 Å². The second kappa shape index (κ2) is 11.2. The Bertz CT molecular complexity index is 1460. The average molecular weight is 483 g/mol. The Morgan fingerprint density at radius 1 is 0.778 bits per heavy atom. The highest BCUT2D eigenvalue weighted by Crippen LogP contribution is 2.14. The van der Waals surface area contributed by atoms with Crippen molar-refractivity contribution < 1.29 is 14.4 Å². The van der Waals surface area contributed by atoms with Crippen molar-refractivity contribution in [3.05, 3.63) is 112 Å². The number of aryl methyl sites for hydroxylation is 1. The van der Waals surface area contributed by atoms with E-state index < -0.39 is 11.8 Å². The Morgan fingerprint density at radius 2 is 1.44 bits per heavy atom. The molecule has 0 saturated heterocycles. The van der Waals surface area contributed by atoms with Gasteiger partial charge in [0.25, 0.3) is 11.5 Å². The first kappa shape index (κ1) is 24.5. The molecule has 0 unspecified atom stereocenters. The highest BCUT2D eigenvalue weighted by molar-refractivity contribution is 6.05. The van der Waals surface area contributed by atoms with Gasteiger partial charge in [-0.2, -0.15) is 5.10 Å². The van der Waals surface area contributed by atoms with E-state index in [1.165, 1.54) is 4.68 Å². The maximum atomic E-state index is 12.9. The molecule has 1 heterocycles. The summed E-state index contributed by atoms with van der Waals surface area (Å²) in [5.74, 6) is -1.33. The van der Waals surface area contributed by atoms with Crippen molar-refractivity contribution in [2.45, 2.75) is 32.7 Å². The van der Waals surface area contributed by atoms with E-state index in [0.29, 0.717) is 16.3 Å². The summed E-state index contributed by atoms with van der Waals surface area (Å²) in [4.78, 5) is 50.5. The molecule has 0 saturated carbocycles. The lowest BCUT2D eigenvalue weighted by Crippen LogP contribution is -2.43. The second-order valence-electron chi connectivity index (χ2n) is 8.32. The Balaban J connectivity index is 1.43. The molecule has 4 rings (SSSR count). The quantitative estimate of drug-likeness (QED) is 0.295. The van der Waals surface area contributed by atoms with Crippen LogP contribution in [0.5, 0.6) is 0 Å². The molecule has 0 radical (unpaired) electrons. The number of Topliss-reactive ketones (excluding diaryl/α,β-unsaturated/α-hetero) is 1. The summed E-state index contributed by atoms with van der Waals surface area (Å²) in [5, 5.41) is 5.01. The SMILES string of the molecule is CCc1ccc(C(=O)CCC(=O)NNC(=O)c2nn(Cc3ccccc3)c(=O)c3ccccc23)cc1. The summed E-state index contributed by atoms with van der Waals surface area (Å²) in [7, 11) is 0. The van der Waals surface area contributed by atoms with Gasteiger partial charge in [-0.3, -0.25) is 30.0 Å². The van der Waals surface area contributed by atoms with Gasteiger partial charge < -0.3 is 0 Å². The minimum atomic E-state index is -0.664. The Hall–Kier alpha value is -4.59. The molecule has 0 fully saturated rings. The van der Waals surface area contributed by atoms with Crippen molar-refractivity contribution in [1.29, 1.82) is 0 Å². The van der Waals surface area contributed by atoms with E-state index in [1.54, 1.807) is 36.4 Å². The minimum absolute atomic E-state index is 0.00789. The largest absolute Gasteiger partial charge is 0.294 e. The highest BCUT2D eigenvalue weighted by Gasteiger charge is 2.18. The van der Waals surface area contributed by atoms with Crippen molar-refractivity contribution in [3.8, 4) is 0 Å². The molecule has 0 aliphatic carbocycles. The van der Waals surface area contributed by atoms with Gasteiger partial charge in [0.2, 0.25) is 5.91 Å². The van der Waals surface area contributed by atoms with Gasteiger partial charge in [-0.1, -0.05) is 79.7 Å². The van der Waals surface area contributed by atoms with Crippen molar-refractivity contribution >= 4 is 28.4 Å². The summed E-state index contributed by atoms with van der Waals surface area (Å²) >= 11 is 0. The monoisotopic (exact) mass is 482 g/mol. The fourth-order valence-electron chi connectivity index (χ4n) is 3.81. The van der Waals surface area contributed by atoms with Crippen LogP contribution in [0.4, 0.5) is 0 Å². The zero-order chi connectivity index (χ0) is 25.5. The summed E-state index contributed by atoms with van der Waals surface area (Å²) in [6, 6.07) is 23.3. The first-order valence-electron chi connectivity index (χ1n) is 11.7. The number of nitrogens with one attached hydrogen (secondary N) is 2. The van der Waals surface area contributed by atoms with Gasteiger partial charge in [0.05, 0.1) is 11.9 Å². The molecule has 8 nitrogen and oxygen atoms in total. The molecule has 0 spiro atoms. The van der Waals surface area contributed by atoms with Gasteiger partial charge in [0.1, 0.15) is 0 Å². The maximum absolute atomic E-state index is 12.9. The molecule has 0 bridgehead atoms. The number of hydrogen-bond acceptors (Lipinski definition) is 5. The van der Waals surface area contributed by atoms with Crippen LogP contribution >= 0.6 is 0 Å². The summed E-state index contributed by atoms with van der Waals surface area (Å²) < 4.78 is 1.23. The zero-order valence-corrected chi connectivity index (χ0v) is 19.9. The number of amides is 2. The zero-order valence-electron chi connectivity index (χ0n) is 19.9. The number of hydrazine groups is 1. The van der Waals surface area contributed by atoms with Crippen molar-refractivity contribution in [1.82, 2.24) is 20.6 Å². The van der Waals surface area contributed by atoms with Gasteiger partial charge in [0.15, 0.2) is 11.5 Å². The van der Waals surface area contributed by atoms with E-state index in [4.69, 9.17) is 0 Å². The highest BCUT2D eigenvalue weighted by atomic mass is 16.2. The van der Waals surface area contributed by atoms with Crippen LogP contribution in [0.25, 0.3) is 10.8 Å². The first-order chi connectivity index (χ1) is 17.5. The topological polar surface area (TPSA) is 110 Å². The number of benzene rings is 3. The summed E-state index contributed by atoms with van der Waals surface area (Å²) in [5.41, 5.74) is 6.91. The van der Waals surface area contributed by atoms with Crippen molar-refractivity contribution in [2.24, 2.45) is 0 Å². The average Bonchev–Trinajstić information content (AvgIpc) is 2.92. The number of carbonyl (C=O) groups is 3. The Morgan fingerprint density at radius 3 is 2.14 bits per heavy atom. The van der Waals surface area contributed by atoms with Crippen LogP contribution in [0, 0.1) is 0 Å². The molecule has 2 N–H and O–H groups in total. The Kier molecular flexibility index (Phi) is 7.65. The number of fused-ring (bicyclic) bond motifs is 1. The fourth-order valence-corrected chi connectivity index (χ4v) is 3.81. The smallest absolute Gasteiger partial charge is 0.290 e. The number of rotatable bonds is 8. The molecule has 182 valence electrons. The standard InChI is InChI=1S/C28H26N4O4/c1-2-19-12-14-21(15-13-19)24(33)16-17-25(34)29-30-27(35)26-22-10-6-7-11-23(22)28(36)32(31-26)18-20-8-4-3-5-9-20/h3-15H,2,16-18H2,1H3,(H,29,34)(H,30,35). The summed E-state index contributed by atoms with van der Waals surface area (Å²) in [6.45, 7) is 2.23. The minimum Gasteiger partial charge on any atom is -0.294 e. The fraction of sp³-hybridized carbons (Fsp3) is 0.179. The molecule has 36 heavy (non-hydrogen) atoms. The normalized spacial score (nSPS) is 10.7.